The van der Waals surface area contributed by atoms with Gasteiger partial charge in [-0.25, -0.2) is 0 Å². The molecule has 1 amide bonds. The zero-order valence-electron chi connectivity index (χ0n) is 9.70. The Kier molecular flexibility index (Phi) is 4.26. The molecule has 4 heteroatoms. The van der Waals surface area contributed by atoms with Crippen LogP contribution in [0.4, 0.5) is 0 Å². The first-order valence-electron chi connectivity index (χ1n) is 5.72. The topological polar surface area (TPSA) is 20.3 Å². The van der Waals surface area contributed by atoms with Crippen LogP contribution in [0.5, 0.6) is 0 Å². The van der Waals surface area contributed by atoms with E-state index < -0.39 is 0 Å². The molecular weight excluding hydrogens is 346 g/mol. The van der Waals surface area contributed by atoms with E-state index >= 15 is 0 Å². The zero-order valence-corrected chi connectivity index (χ0v) is 12.9. The van der Waals surface area contributed by atoms with E-state index in [1.165, 1.54) is 5.56 Å². The molecule has 2 atom stereocenters. The monoisotopic (exact) mass is 359 g/mol. The number of benzene rings is 1. The second-order valence-electron chi connectivity index (χ2n) is 4.50. The van der Waals surface area contributed by atoms with Gasteiger partial charge in [0.2, 0.25) is 5.91 Å². The van der Waals surface area contributed by atoms with Gasteiger partial charge in [-0.3, -0.25) is 4.79 Å². The Balaban J connectivity index is 2.12. The van der Waals surface area contributed by atoms with Crippen LogP contribution in [0, 0.1) is 5.92 Å². The Morgan fingerprint density at radius 1 is 1.41 bits per heavy atom. The Bertz CT molecular complexity index is 404. The quantitative estimate of drug-likeness (QED) is 0.751. The van der Waals surface area contributed by atoms with Crippen molar-refractivity contribution >= 4 is 37.8 Å². The minimum Gasteiger partial charge on any atom is -0.336 e. The Morgan fingerprint density at radius 3 is 2.59 bits per heavy atom. The number of carbonyl (C=O) groups excluding carboxylic acids is 1. The van der Waals surface area contributed by atoms with Gasteiger partial charge in [0.25, 0.3) is 0 Å². The van der Waals surface area contributed by atoms with Gasteiger partial charge in [0.05, 0.1) is 6.04 Å². The van der Waals surface area contributed by atoms with Crippen LogP contribution in [-0.4, -0.2) is 22.7 Å². The van der Waals surface area contributed by atoms with Crippen LogP contribution in [0.25, 0.3) is 0 Å². The van der Waals surface area contributed by atoms with Crippen molar-refractivity contribution in [3.05, 3.63) is 34.3 Å². The summed E-state index contributed by atoms with van der Waals surface area (Å²) in [6.45, 7) is 2.96. The number of rotatable bonds is 3. The number of hydrogen-bond acceptors (Lipinski definition) is 1. The second kappa shape index (κ2) is 5.53. The average molecular weight is 361 g/mol. The molecule has 1 heterocycles. The maximum absolute atomic E-state index is 11.9. The largest absolute Gasteiger partial charge is 0.336 e. The van der Waals surface area contributed by atoms with E-state index in [0.29, 0.717) is 12.3 Å². The summed E-state index contributed by atoms with van der Waals surface area (Å²) in [6, 6.07) is 8.36. The summed E-state index contributed by atoms with van der Waals surface area (Å²) in [7, 11) is 0. The van der Waals surface area contributed by atoms with Crippen molar-refractivity contribution in [1.29, 1.82) is 0 Å². The van der Waals surface area contributed by atoms with Gasteiger partial charge in [0.15, 0.2) is 0 Å². The van der Waals surface area contributed by atoms with E-state index in [2.05, 4.69) is 50.9 Å². The van der Waals surface area contributed by atoms with Crippen molar-refractivity contribution in [2.45, 2.75) is 19.4 Å². The minimum absolute atomic E-state index is 0.166. The van der Waals surface area contributed by atoms with E-state index in [9.17, 15) is 4.79 Å². The molecule has 2 unspecified atom stereocenters. The van der Waals surface area contributed by atoms with Crippen LogP contribution >= 0.6 is 31.9 Å². The molecule has 0 N–H and O–H groups in total. The van der Waals surface area contributed by atoms with Crippen LogP contribution in [0.3, 0.4) is 0 Å². The fourth-order valence-electron chi connectivity index (χ4n) is 2.21. The third-order valence-corrected chi connectivity index (χ3v) is 4.72. The molecule has 1 saturated heterocycles. The lowest BCUT2D eigenvalue weighted by molar-refractivity contribution is -0.129. The molecule has 92 valence electrons. The van der Waals surface area contributed by atoms with Crippen LogP contribution in [0.2, 0.25) is 0 Å². The number of carbonyl (C=O) groups is 1. The van der Waals surface area contributed by atoms with Crippen molar-refractivity contribution in [2.24, 2.45) is 5.92 Å². The highest BCUT2D eigenvalue weighted by Gasteiger charge is 2.32. The number of likely N-dealkylation sites (tertiary alicyclic amines) is 1. The highest BCUT2D eigenvalue weighted by atomic mass is 79.9. The summed E-state index contributed by atoms with van der Waals surface area (Å²) < 4.78 is 1.07. The van der Waals surface area contributed by atoms with Crippen molar-refractivity contribution in [3.63, 3.8) is 0 Å². The van der Waals surface area contributed by atoms with Gasteiger partial charge in [0, 0.05) is 22.8 Å². The minimum atomic E-state index is 0.166. The molecule has 0 bridgehead atoms. The number of hydrogen-bond donors (Lipinski definition) is 0. The molecule has 0 aromatic heterocycles. The molecule has 0 spiro atoms. The van der Waals surface area contributed by atoms with Crippen LogP contribution < -0.4 is 0 Å². The first-order valence-corrected chi connectivity index (χ1v) is 7.64. The first kappa shape index (κ1) is 13.1. The summed E-state index contributed by atoms with van der Waals surface area (Å²) in [4.78, 5) is 13.9. The molecule has 0 aliphatic carbocycles. The van der Waals surface area contributed by atoms with Crippen LogP contribution in [0.1, 0.15) is 24.9 Å². The van der Waals surface area contributed by atoms with Gasteiger partial charge in [-0.1, -0.05) is 44.0 Å². The SMILES string of the molecule is CC(c1ccc(Br)cc1)N1CC(CBr)CC1=O. The molecule has 1 aliphatic heterocycles. The molecule has 2 rings (SSSR count). The lowest BCUT2D eigenvalue weighted by Crippen LogP contribution is -2.28. The van der Waals surface area contributed by atoms with Gasteiger partial charge in [-0.2, -0.15) is 0 Å². The van der Waals surface area contributed by atoms with E-state index in [0.717, 1.165) is 16.3 Å². The van der Waals surface area contributed by atoms with Gasteiger partial charge < -0.3 is 4.90 Å². The number of amides is 1. The predicted octanol–water partition coefficient (Wildman–Crippen LogP) is 3.75. The van der Waals surface area contributed by atoms with Gasteiger partial charge in [-0.05, 0) is 30.5 Å². The van der Waals surface area contributed by atoms with E-state index in [4.69, 9.17) is 0 Å². The van der Waals surface area contributed by atoms with Crippen molar-refractivity contribution in [2.75, 3.05) is 11.9 Å². The summed E-state index contributed by atoms with van der Waals surface area (Å²) >= 11 is 6.88. The zero-order chi connectivity index (χ0) is 12.4. The van der Waals surface area contributed by atoms with E-state index in [1.807, 2.05) is 17.0 Å². The summed E-state index contributed by atoms with van der Waals surface area (Å²) in [6.07, 6.45) is 0.673. The van der Waals surface area contributed by atoms with Gasteiger partial charge in [0.1, 0.15) is 0 Å². The summed E-state index contributed by atoms with van der Waals surface area (Å²) in [5.74, 6) is 0.727. The molecular formula is C13H15Br2NO. The molecule has 1 aromatic carbocycles. The third kappa shape index (κ3) is 2.91. The molecule has 0 radical (unpaired) electrons. The van der Waals surface area contributed by atoms with Crippen molar-refractivity contribution in [1.82, 2.24) is 4.90 Å². The standard InChI is InChI=1S/C13H15Br2NO/c1-9(11-2-4-12(15)5-3-11)16-8-10(7-14)6-13(16)17/h2-5,9-10H,6-8H2,1H3. The molecule has 0 saturated carbocycles. The van der Waals surface area contributed by atoms with Gasteiger partial charge >= 0.3 is 0 Å². The molecule has 1 aliphatic rings. The lowest BCUT2D eigenvalue weighted by Gasteiger charge is -2.25. The molecule has 2 nitrogen and oxygen atoms in total. The average Bonchev–Trinajstić information content (AvgIpc) is 2.71. The van der Waals surface area contributed by atoms with E-state index in [1.54, 1.807) is 0 Å². The lowest BCUT2D eigenvalue weighted by atomic mass is 10.1. The first-order chi connectivity index (χ1) is 8.11. The maximum Gasteiger partial charge on any atom is 0.223 e. The van der Waals surface area contributed by atoms with Crippen molar-refractivity contribution in [3.8, 4) is 0 Å². The number of nitrogens with zero attached hydrogens (tertiary/aromatic N) is 1. The maximum atomic E-state index is 11.9. The van der Waals surface area contributed by atoms with Crippen LogP contribution in [-0.2, 0) is 4.79 Å². The third-order valence-electron chi connectivity index (χ3n) is 3.28. The highest BCUT2D eigenvalue weighted by molar-refractivity contribution is 9.10. The van der Waals surface area contributed by atoms with E-state index in [-0.39, 0.29) is 11.9 Å². The summed E-state index contributed by atoms with van der Waals surface area (Å²) in [5.41, 5.74) is 1.19. The predicted molar refractivity (Wildman–Crippen MR) is 76.2 cm³/mol. The fraction of sp³-hybridized carbons (Fsp3) is 0.462. The number of alkyl halides is 1. The smallest absolute Gasteiger partial charge is 0.223 e. The normalized spacial score (nSPS) is 21.9. The number of halogens is 2. The molecule has 1 fully saturated rings. The van der Waals surface area contributed by atoms with Crippen molar-refractivity contribution < 1.29 is 4.79 Å². The fourth-order valence-corrected chi connectivity index (χ4v) is 2.91. The molecule has 17 heavy (non-hydrogen) atoms. The molecule has 1 aromatic rings. The Labute approximate surface area is 119 Å². The van der Waals surface area contributed by atoms with Crippen LogP contribution in [0.15, 0.2) is 28.7 Å². The second-order valence-corrected chi connectivity index (χ2v) is 6.06. The van der Waals surface area contributed by atoms with Gasteiger partial charge in [-0.15, -0.1) is 0 Å². The Hall–Kier alpha value is -0.350. The highest BCUT2D eigenvalue weighted by Crippen LogP contribution is 2.29. The Morgan fingerprint density at radius 2 is 2.06 bits per heavy atom. The summed E-state index contributed by atoms with van der Waals surface area (Å²) in [5, 5.41) is 0.905.